The van der Waals surface area contributed by atoms with Crippen molar-refractivity contribution in [2.75, 3.05) is 6.61 Å². The summed E-state index contributed by atoms with van der Waals surface area (Å²) in [5.41, 5.74) is -1.40. The van der Waals surface area contributed by atoms with Gasteiger partial charge in [0.2, 0.25) is 0 Å². The van der Waals surface area contributed by atoms with Gasteiger partial charge in [0.15, 0.2) is 6.23 Å². The third-order valence-corrected chi connectivity index (χ3v) is 4.68. The minimum absolute atomic E-state index is 0.165. The Labute approximate surface area is 110 Å². The van der Waals surface area contributed by atoms with Crippen molar-refractivity contribution in [2.24, 2.45) is 5.41 Å². The molecule has 1 N–H and O–H groups in total. The lowest BCUT2D eigenvalue weighted by atomic mass is 9.74. The Balaban J connectivity index is 2.06. The number of nitrogens with one attached hydrogen (secondary N) is 1. The zero-order chi connectivity index (χ0) is 13.8. The molecular formula is C13H18N2O4. The molecule has 0 spiro atoms. The molecule has 2 aliphatic heterocycles. The molecule has 1 aromatic heterocycles. The lowest BCUT2D eigenvalue weighted by molar-refractivity contribution is -0.175. The van der Waals surface area contributed by atoms with E-state index in [1.54, 1.807) is 0 Å². The molecule has 1 aromatic rings. The molecule has 2 fully saturated rings. The molecule has 0 aliphatic carbocycles. The summed E-state index contributed by atoms with van der Waals surface area (Å²) in [6.07, 6.45) is 1.63. The second-order valence-corrected chi connectivity index (χ2v) is 5.83. The monoisotopic (exact) mass is 266 g/mol. The molecule has 2 bridgehead atoms. The number of fused-ring (bicyclic) bond motifs is 2. The number of aromatic nitrogens is 2. The fourth-order valence-corrected chi connectivity index (χ4v) is 3.27. The minimum Gasteiger partial charge on any atom is -0.370 e. The predicted molar refractivity (Wildman–Crippen MR) is 68.0 cm³/mol. The molecule has 6 nitrogen and oxygen atoms in total. The molecule has 6 heteroatoms. The van der Waals surface area contributed by atoms with E-state index in [0.29, 0.717) is 6.61 Å². The zero-order valence-electron chi connectivity index (χ0n) is 11.3. The first kappa shape index (κ1) is 12.6. The summed E-state index contributed by atoms with van der Waals surface area (Å²) in [7, 11) is 0. The van der Waals surface area contributed by atoms with Gasteiger partial charge in [-0.15, -0.1) is 0 Å². The largest absolute Gasteiger partial charge is 0.370 e. The van der Waals surface area contributed by atoms with Gasteiger partial charge in [-0.05, 0) is 6.42 Å². The molecule has 104 valence electrons. The summed E-state index contributed by atoms with van der Waals surface area (Å²) >= 11 is 0. The first-order valence-electron chi connectivity index (χ1n) is 6.52. The van der Waals surface area contributed by atoms with Gasteiger partial charge < -0.3 is 9.47 Å². The maximum atomic E-state index is 11.9. The SMILES string of the molecule is CC[C@]12CO[C@@H]([C@H](n3ccc(=O)[nH]c3=O)O1)C2(C)C. The quantitative estimate of drug-likeness (QED) is 0.852. The molecule has 2 aliphatic rings. The van der Waals surface area contributed by atoms with Crippen molar-refractivity contribution in [1.82, 2.24) is 9.55 Å². The van der Waals surface area contributed by atoms with E-state index in [2.05, 4.69) is 25.8 Å². The van der Waals surface area contributed by atoms with Crippen LogP contribution in [-0.2, 0) is 9.47 Å². The number of rotatable bonds is 2. The van der Waals surface area contributed by atoms with Crippen molar-refractivity contribution < 1.29 is 9.47 Å². The third kappa shape index (κ3) is 1.50. The van der Waals surface area contributed by atoms with E-state index in [4.69, 9.17) is 9.47 Å². The van der Waals surface area contributed by atoms with Crippen LogP contribution in [0.25, 0.3) is 0 Å². The van der Waals surface area contributed by atoms with Gasteiger partial charge in [-0.25, -0.2) is 4.79 Å². The number of hydrogen-bond acceptors (Lipinski definition) is 4. The highest BCUT2D eigenvalue weighted by atomic mass is 16.6. The Morgan fingerprint density at radius 2 is 2.21 bits per heavy atom. The highest BCUT2D eigenvalue weighted by Crippen LogP contribution is 2.57. The standard InChI is InChI=1S/C13H18N2O4/c1-4-13-7-18-9(12(13,2)3)10(19-13)15-6-5-8(16)14-11(15)17/h5-6,9-10H,4,7H2,1-3H3,(H,14,16,17)/t9-,10+,13+/m0/s1. The summed E-state index contributed by atoms with van der Waals surface area (Å²) in [6.45, 7) is 6.82. The van der Waals surface area contributed by atoms with Gasteiger partial charge >= 0.3 is 5.69 Å². The predicted octanol–water partition coefficient (Wildman–Crippen LogP) is 0.639. The Hall–Kier alpha value is -1.40. The van der Waals surface area contributed by atoms with E-state index in [-0.39, 0.29) is 17.1 Å². The van der Waals surface area contributed by atoms with Gasteiger partial charge in [-0.1, -0.05) is 20.8 Å². The molecule has 0 amide bonds. The summed E-state index contributed by atoms with van der Waals surface area (Å²) < 4.78 is 13.4. The van der Waals surface area contributed by atoms with Crippen LogP contribution in [0.4, 0.5) is 0 Å². The van der Waals surface area contributed by atoms with Crippen LogP contribution < -0.4 is 11.2 Å². The molecular weight excluding hydrogens is 248 g/mol. The lowest BCUT2D eigenvalue weighted by Gasteiger charge is -2.33. The maximum absolute atomic E-state index is 11.9. The van der Waals surface area contributed by atoms with Crippen LogP contribution in [0.1, 0.15) is 33.4 Å². The number of hydrogen-bond donors (Lipinski definition) is 1. The van der Waals surface area contributed by atoms with Crippen molar-refractivity contribution in [3.63, 3.8) is 0 Å². The second kappa shape index (κ2) is 3.80. The van der Waals surface area contributed by atoms with Gasteiger partial charge in [-0.2, -0.15) is 0 Å². The van der Waals surface area contributed by atoms with Crippen molar-refractivity contribution in [2.45, 2.75) is 45.1 Å². The molecule has 0 radical (unpaired) electrons. The van der Waals surface area contributed by atoms with Crippen LogP contribution in [0, 0.1) is 5.41 Å². The zero-order valence-corrected chi connectivity index (χ0v) is 11.3. The smallest absolute Gasteiger partial charge is 0.330 e. The number of ether oxygens (including phenoxy) is 2. The Bertz CT molecular complexity index is 618. The fourth-order valence-electron chi connectivity index (χ4n) is 3.27. The summed E-state index contributed by atoms with van der Waals surface area (Å²) in [4.78, 5) is 25.3. The number of nitrogens with zero attached hydrogens (tertiary/aromatic N) is 1. The Morgan fingerprint density at radius 1 is 1.47 bits per heavy atom. The lowest BCUT2D eigenvalue weighted by Crippen LogP contribution is -2.42. The van der Waals surface area contributed by atoms with Crippen molar-refractivity contribution in [3.05, 3.63) is 33.1 Å². The summed E-state index contributed by atoms with van der Waals surface area (Å²) in [5.74, 6) is 0. The average molecular weight is 266 g/mol. The maximum Gasteiger partial charge on any atom is 0.330 e. The van der Waals surface area contributed by atoms with Gasteiger partial charge in [0.1, 0.15) is 11.7 Å². The minimum atomic E-state index is -0.479. The topological polar surface area (TPSA) is 73.3 Å². The summed E-state index contributed by atoms with van der Waals surface area (Å²) in [5, 5.41) is 0. The molecule has 3 rings (SSSR count). The van der Waals surface area contributed by atoms with Gasteiger partial charge in [0.05, 0.1) is 6.61 Å². The highest BCUT2D eigenvalue weighted by molar-refractivity contribution is 5.11. The number of aromatic amines is 1. The van der Waals surface area contributed by atoms with Crippen LogP contribution in [0.15, 0.2) is 21.9 Å². The van der Waals surface area contributed by atoms with Crippen molar-refractivity contribution in [1.29, 1.82) is 0 Å². The molecule has 0 unspecified atom stereocenters. The van der Waals surface area contributed by atoms with Gasteiger partial charge in [0.25, 0.3) is 5.56 Å². The van der Waals surface area contributed by atoms with Crippen LogP contribution in [-0.4, -0.2) is 27.9 Å². The Morgan fingerprint density at radius 3 is 2.79 bits per heavy atom. The number of H-pyrrole nitrogens is 1. The van der Waals surface area contributed by atoms with E-state index >= 15 is 0 Å². The van der Waals surface area contributed by atoms with Crippen LogP contribution in [0.5, 0.6) is 0 Å². The van der Waals surface area contributed by atoms with E-state index in [0.717, 1.165) is 6.42 Å². The fraction of sp³-hybridized carbons (Fsp3) is 0.692. The average Bonchev–Trinajstić information content (AvgIpc) is 2.73. The van der Waals surface area contributed by atoms with E-state index < -0.39 is 17.5 Å². The van der Waals surface area contributed by atoms with Crippen molar-refractivity contribution in [3.8, 4) is 0 Å². The first-order chi connectivity index (χ1) is 8.91. The van der Waals surface area contributed by atoms with Crippen LogP contribution in [0.2, 0.25) is 0 Å². The molecule has 3 heterocycles. The molecule has 2 saturated heterocycles. The van der Waals surface area contributed by atoms with Crippen LogP contribution in [0.3, 0.4) is 0 Å². The van der Waals surface area contributed by atoms with Crippen LogP contribution >= 0.6 is 0 Å². The van der Waals surface area contributed by atoms with E-state index in [1.165, 1.54) is 16.8 Å². The normalized spacial score (nSPS) is 35.7. The molecule has 0 saturated carbocycles. The highest BCUT2D eigenvalue weighted by Gasteiger charge is 2.66. The van der Waals surface area contributed by atoms with E-state index in [1.807, 2.05) is 0 Å². The van der Waals surface area contributed by atoms with Gasteiger partial charge in [-0.3, -0.25) is 14.3 Å². The molecule has 19 heavy (non-hydrogen) atoms. The van der Waals surface area contributed by atoms with E-state index in [9.17, 15) is 9.59 Å². The van der Waals surface area contributed by atoms with Crippen molar-refractivity contribution >= 4 is 0 Å². The molecule has 3 atom stereocenters. The summed E-state index contributed by atoms with van der Waals surface area (Å²) in [6, 6.07) is 1.32. The first-order valence-corrected chi connectivity index (χ1v) is 6.52. The Kier molecular flexibility index (Phi) is 2.53. The molecule has 0 aromatic carbocycles. The van der Waals surface area contributed by atoms with Gasteiger partial charge in [0, 0.05) is 17.7 Å². The second-order valence-electron chi connectivity index (χ2n) is 5.83. The third-order valence-electron chi connectivity index (χ3n) is 4.68.